The number of halogens is 1. The van der Waals surface area contributed by atoms with E-state index in [0.29, 0.717) is 15.9 Å². The molecule has 0 bridgehead atoms. The molecule has 0 fully saturated rings. The molecule has 0 unspecified atom stereocenters. The molecular weight excluding hydrogens is 346 g/mol. The van der Waals surface area contributed by atoms with Gasteiger partial charge in [0.1, 0.15) is 0 Å². The normalized spacial score (nSPS) is 10.7. The van der Waals surface area contributed by atoms with Crippen molar-refractivity contribution in [2.24, 2.45) is 0 Å². The standard InChI is InChI=1S/C17H20ClN3O2S/c1-4-5-12-8-14(22)21-17(19-12)24-9-15(23)20-16-11(3)6-10(2)7-13(16)18/h6-8H,4-5,9H2,1-3H3,(H,20,23)(H,19,21,22). The number of anilines is 1. The van der Waals surface area contributed by atoms with E-state index in [-0.39, 0.29) is 17.2 Å². The van der Waals surface area contributed by atoms with Crippen molar-refractivity contribution in [2.45, 2.75) is 38.8 Å². The Kier molecular flexibility index (Phi) is 6.45. The number of aromatic amines is 1. The number of aromatic nitrogens is 2. The van der Waals surface area contributed by atoms with Gasteiger partial charge in [-0.2, -0.15) is 0 Å². The highest BCUT2D eigenvalue weighted by Crippen LogP contribution is 2.27. The zero-order valence-electron chi connectivity index (χ0n) is 13.9. The Bertz CT molecular complexity index is 782. The van der Waals surface area contributed by atoms with Gasteiger partial charge in [0, 0.05) is 11.8 Å². The average molecular weight is 366 g/mol. The van der Waals surface area contributed by atoms with Gasteiger partial charge in [-0.3, -0.25) is 9.59 Å². The fraction of sp³-hybridized carbons (Fsp3) is 0.353. The Morgan fingerprint density at radius 3 is 2.75 bits per heavy atom. The van der Waals surface area contributed by atoms with E-state index in [1.54, 1.807) is 0 Å². The summed E-state index contributed by atoms with van der Waals surface area (Å²) < 4.78 is 0. The molecule has 5 nitrogen and oxygen atoms in total. The minimum Gasteiger partial charge on any atom is -0.324 e. The lowest BCUT2D eigenvalue weighted by atomic mass is 10.1. The van der Waals surface area contributed by atoms with Crippen LogP contribution in [0.3, 0.4) is 0 Å². The topological polar surface area (TPSA) is 74.8 Å². The molecule has 0 aliphatic rings. The van der Waals surface area contributed by atoms with Crippen LogP contribution in [0, 0.1) is 13.8 Å². The molecule has 24 heavy (non-hydrogen) atoms. The summed E-state index contributed by atoms with van der Waals surface area (Å²) in [5.74, 6) is -0.0558. The Labute approximate surface area is 150 Å². The van der Waals surface area contributed by atoms with Crippen molar-refractivity contribution in [1.29, 1.82) is 0 Å². The van der Waals surface area contributed by atoms with Gasteiger partial charge in [0.25, 0.3) is 5.56 Å². The number of amides is 1. The molecule has 2 rings (SSSR count). The van der Waals surface area contributed by atoms with Crippen molar-refractivity contribution in [3.05, 3.63) is 50.4 Å². The van der Waals surface area contributed by atoms with Gasteiger partial charge < -0.3 is 10.3 Å². The Morgan fingerprint density at radius 1 is 1.33 bits per heavy atom. The van der Waals surface area contributed by atoms with Crippen LogP contribution in [0.25, 0.3) is 0 Å². The molecule has 1 aromatic carbocycles. The highest BCUT2D eigenvalue weighted by atomic mass is 35.5. The number of hydrogen-bond acceptors (Lipinski definition) is 4. The van der Waals surface area contributed by atoms with Crippen LogP contribution in [0.5, 0.6) is 0 Å². The first kappa shape index (κ1) is 18.5. The fourth-order valence-electron chi connectivity index (χ4n) is 2.32. The molecule has 0 atom stereocenters. The number of thioether (sulfide) groups is 1. The highest BCUT2D eigenvalue weighted by molar-refractivity contribution is 7.99. The minimum atomic E-state index is -0.200. The van der Waals surface area contributed by atoms with Crippen molar-refractivity contribution in [3.8, 4) is 0 Å². The molecule has 128 valence electrons. The summed E-state index contributed by atoms with van der Waals surface area (Å²) in [5.41, 5.74) is 3.11. The molecule has 1 heterocycles. The summed E-state index contributed by atoms with van der Waals surface area (Å²) in [5, 5.41) is 3.79. The first-order valence-electron chi connectivity index (χ1n) is 7.68. The van der Waals surface area contributed by atoms with Crippen LogP contribution in [0.15, 0.2) is 28.2 Å². The molecule has 0 aliphatic carbocycles. The summed E-state index contributed by atoms with van der Waals surface area (Å²) in [4.78, 5) is 30.8. The maximum atomic E-state index is 12.2. The molecule has 0 aliphatic heterocycles. The van der Waals surface area contributed by atoms with E-state index < -0.39 is 0 Å². The second-order valence-electron chi connectivity index (χ2n) is 5.57. The van der Waals surface area contributed by atoms with Gasteiger partial charge in [0.2, 0.25) is 5.91 Å². The van der Waals surface area contributed by atoms with Gasteiger partial charge in [-0.15, -0.1) is 0 Å². The number of aryl methyl sites for hydroxylation is 3. The van der Waals surface area contributed by atoms with Gasteiger partial charge in [-0.1, -0.05) is 42.8 Å². The van der Waals surface area contributed by atoms with Crippen LogP contribution in [-0.4, -0.2) is 21.6 Å². The SMILES string of the molecule is CCCc1cc(=O)[nH]c(SCC(=O)Nc2c(C)cc(C)cc2Cl)n1. The number of hydrogen-bond donors (Lipinski definition) is 2. The molecule has 2 N–H and O–H groups in total. The van der Waals surface area contributed by atoms with E-state index in [1.165, 1.54) is 17.8 Å². The lowest BCUT2D eigenvalue weighted by Crippen LogP contribution is -2.16. The highest BCUT2D eigenvalue weighted by Gasteiger charge is 2.11. The number of nitrogens with zero attached hydrogens (tertiary/aromatic N) is 1. The van der Waals surface area contributed by atoms with Crippen LogP contribution in [0.2, 0.25) is 5.02 Å². The molecule has 0 spiro atoms. The van der Waals surface area contributed by atoms with E-state index in [0.717, 1.165) is 29.7 Å². The zero-order valence-corrected chi connectivity index (χ0v) is 15.5. The minimum absolute atomic E-state index is 0.141. The monoisotopic (exact) mass is 365 g/mol. The van der Waals surface area contributed by atoms with E-state index in [1.807, 2.05) is 32.9 Å². The maximum Gasteiger partial charge on any atom is 0.251 e. The van der Waals surface area contributed by atoms with E-state index >= 15 is 0 Å². The number of benzene rings is 1. The third kappa shape index (κ3) is 5.11. The van der Waals surface area contributed by atoms with Crippen LogP contribution in [-0.2, 0) is 11.2 Å². The molecular formula is C17H20ClN3O2S. The third-order valence-corrected chi connectivity index (χ3v) is 4.49. The van der Waals surface area contributed by atoms with Gasteiger partial charge in [-0.05, 0) is 37.5 Å². The molecule has 1 amide bonds. The molecule has 0 saturated heterocycles. The Morgan fingerprint density at radius 2 is 2.08 bits per heavy atom. The second-order valence-corrected chi connectivity index (χ2v) is 6.94. The summed E-state index contributed by atoms with van der Waals surface area (Å²) in [6, 6.07) is 5.26. The second kappa shape index (κ2) is 8.35. The van der Waals surface area contributed by atoms with Crippen molar-refractivity contribution in [3.63, 3.8) is 0 Å². The van der Waals surface area contributed by atoms with E-state index in [2.05, 4.69) is 15.3 Å². The number of H-pyrrole nitrogens is 1. The van der Waals surface area contributed by atoms with Gasteiger partial charge >= 0.3 is 0 Å². The van der Waals surface area contributed by atoms with Crippen LogP contribution < -0.4 is 10.9 Å². The third-order valence-electron chi connectivity index (χ3n) is 3.32. The Hall–Kier alpha value is -1.79. The van der Waals surface area contributed by atoms with Crippen LogP contribution >= 0.6 is 23.4 Å². The zero-order chi connectivity index (χ0) is 17.7. The largest absolute Gasteiger partial charge is 0.324 e. The maximum absolute atomic E-state index is 12.2. The predicted molar refractivity (Wildman–Crippen MR) is 99.1 cm³/mol. The first-order valence-corrected chi connectivity index (χ1v) is 9.05. The predicted octanol–water partition coefficient (Wildman–Crippen LogP) is 3.72. The van der Waals surface area contributed by atoms with Crippen molar-refractivity contribution in [2.75, 3.05) is 11.1 Å². The number of nitrogens with one attached hydrogen (secondary N) is 2. The van der Waals surface area contributed by atoms with Crippen molar-refractivity contribution in [1.82, 2.24) is 9.97 Å². The molecule has 1 aromatic heterocycles. The summed E-state index contributed by atoms with van der Waals surface area (Å²) in [6.45, 7) is 5.87. The number of carbonyl (C=O) groups excluding carboxylic acids is 1. The molecule has 2 aromatic rings. The molecule has 0 saturated carbocycles. The smallest absolute Gasteiger partial charge is 0.251 e. The molecule has 7 heteroatoms. The summed E-state index contributed by atoms with van der Waals surface area (Å²) >= 11 is 7.39. The van der Waals surface area contributed by atoms with Crippen LogP contribution in [0.1, 0.15) is 30.2 Å². The fourth-order valence-corrected chi connectivity index (χ4v) is 3.38. The van der Waals surface area contributed by atoms with Crippen molar-refractivity contribution >= 4 is 35.0 Å². The van der Waals surface area contributed by atoms with Crippen LogP contribution in [0.4, 0.5) is 5.69 Å². The van der Waals surface area contributed by atoms with Gasteiger partial charge in [0.15, 0.2) is 5.16 Å². The van der Waals surface area contributed by atoms with Crippen molar-refractivity contribution < 1.29 is 4.79 Å². The Balaban J connectivity index is 2.03. The first-order chi connectivity index (χ1) is 11.4. The lowest BCUT2D eigenvalue weighted by molar-refractivity contribution is -0.113. The van der Waals surface area contributed by atoms with E-state index in [9.17, 15) is 9.59 Å². The van der Waals surface area contributed by atoms with E-state index in [4.69, 9.17) is 11.6 Å². The summed E-state index contributed by atoms with van der Waals surface area (Å²) in [7, 11) is 0. The lowest BCUT2D eigenvalue weighted by Gasteiger charge is -2.11. The average Bonchev–Trinajstić information content (AvgIpc) is 2.48. The van der Waals surface area contributed by atoms with Gasteiger partial charge in [0.05, 0.1) is 16.5 Å². The summed E-state index contributed by atoms with van der Waals surface area (Å²) in [6.07, 6.45) is 1.65. The molecule has 0 radical (unpaired) electrons. The number of carbonyl (C=O) groups is 1. The quantitative estimate of drug-likeness (QED) is 0.604. The van der Waals surface area contributed by atoms with Gasteiger partial charge in [-0.25, -0.2) is 4.98 Å². The number of rotatable bonds is 6.